The molecule has 2 atom stereocenters. The minimum Gasteiger partial charge on any atom is -0.508 e. The van der Waals surface area contributed by atoms with Gasteiger partial charge < -0.3 is 24.6 Å². The molecule has 3 aliphatic rings. The van der Waals surface area contributed by atoms with Crippen LogP contribution in [0.3, 0.4) is 0 Å². The number of piperazine rings is 1. The Kier molecular flexibility index (Phi) is 6.27. The Balaban J connectivity index is 1.38. The molecule has 1 aromatic heterocycles. The monoisotopic (exact) mass is 535 g/mol. The number of amides is 3. The van der Waals surface area contributed by atoms with E-state index in [2.05, 4.69) is 21.8 Å². The van der Waals surface area contributed by atoms with Crippen LogP contribution in [0.15, 0.2) is 36.4 Å². The van der Waals surface area contributed by atoms with Crippen molar-refractivity contribution >= 4 is 22.8 Å². The Morgan fingerprint density at radius 2 is 1.90 bits per heavy atom. The number of urea groups is 1. The summed E-state index contributed by atoms with van der Waals surface area (Å²) in [7, 11) is 3.53. The van der Waals surface area contributed by atoms with Gasteiger partial charge in [0.1, 0.15) is 17.3 Å². The Hall–Kier alpha value is -3.63. The molecule has 39 heavy (non-hydrogen) atoms. The number of benzene rings is 2. The molecule has 9 nitrogen and oxygen atoms in total. The quantitative estimate of drug-likeness (QED) is 0.471. The van der Waals surface area contributed by atoms with Gasteiger partial charge in [-0.3, -0.25) is 14.6 Å². The highest BCUT2D eigenvalue weighted by atomic mass is 19.1. The zero-order valence-electron chi connectivity index (χ0n) is 22.5. The van der Waals surface area contributed by atoms with E-state index in [0.29, 0.717) is 29.7 Å². The van der Waals surface area contributed by atoms with Crippen LogP contribution in [0.5, 0.6) is 11.5 Å². The number of hydrogen-bond donors (Lipinski definition) is 2. The number of imide groups is 1. The number of carbonyl (C=O) groups excluding carboxylic acids is 2. The number of methoxy groups -OCH3 is 1. The number of phenols is 1. The maximum atomic E-state index is 14.6. The maximum Gasteiger partial charge on any atom is 0.328 e. The Bertz CT molecular complexity index is 1450. The van der Waals surface area contributed by atoms with Gasteiger partial charge in [-0.05, 0) is 56.3 Å². The third-order valence-corrected chi connectivity index (χ3v) is 8.58. The van der Waals surface area contributed by atoms with E-state index >= 15 is 0 Å². The summed E-state index contributed by atoms with van der Waals surface area (Å²) in [6.07, 6.45) is 0.985. The predicted molar refractivity (Wildman–Crippen MR) is 144 cm³/mol. The number of aromatic hydroxyl groups is 1. The second kappa shape index (κ2) is 9.53. The third-order valence-electron chi connectivity index (χ3n) is 8.58. The predicted octanol–water partition coefficient (Wildman–Crippen LogP) is 3.33. The minimum absolute atomic E-state index is 0.0622. The number of hydrogen-bond acceptors (Lipinski definition) is 6. The highest BCUT2D eigenvalue weighted by Gasteiger charge is 2.60. The fraction of sp³-hybridized carbons (Fsp3) is 0.448. The zero-order valence-corrected chi connectivity index (χ0v) is 22.5. The number of aromatic amines is 1. The van der Waals surface area contributed by atoms with Gasteiger partial charge in [-0.2, -0.15) is 0 Å². The lowest BCUT2D eigenvalue weighted by Gasteiger charge is -2.42. The van der Waals surface area contributed by atoms with Gasteiger partial charge >= 0.3 is 6.03 Å². The van der Waals surface area contributed by atoms with E-state index in [-0.39, 0.29) is 29.9 Å². The molecule has 4 heterocycles. The van der Waals surface area contributed by atoms with Crippen LogP contribution in [-0.4, -0.2) is 101 Å². The van der Waals surface area contributed by atoms with Crippen LogP contribution >= 0.6 is 0 Å². The molecule has 0 radical (unpaired) electrons. The first-order valence-corrected chi connectivity index (χ1v) is 13.4. The molecule has 6 rings (SSSR count). The first kappa shape index (κ1) is 25.6. The van der Waals surface area contributed by atoms with Crippen molar-refractivity contribution in [1.82, 2.24) is 24.6 Å². The van der Waals surface area contributed by atoms with Crippen molar-refractivity contribution in [2.45, 2.75) is 31.3 Å². The summed E-state index contributed by atoms with van der Waals surface area (Å²) in [4.78, 5) is 39.0. The number of aromatic nitrogens is 1. The van der Waals surface area contributed by atoms with Gasteiger partial charge in [-0.25, -0.2) is 9.18 Å². The molecule has 3 amide bonds. The maximum absolute atomic E-state index is 14.6. The normalized spacial score (nSPS) is 23.9. The highest BCUT2D eigenvalue weighted by molar-refractivity contribution is 6.08. The molecule has 0 unspecified atom stereocenters. The number of likely N-dealkylation sites (N-methyl/N-ethyl adjacent to an activating group) is 1. The molecule has 3 aliphatic heterocycles. The largest absolute Gasteiger partial charge is 0.508 e. The van der Waals surface area contributed by atoms with Gasteiger partial charge in [-0.1, -0.05) is 12.1 Å². The molecule has 2 fully saturated rings. The first-order chi connectivity index (χ1) is 18.7. The van der Waals surface area contributed by atoms with Gasteiger partial charge in [0.25, 0.3) is 5.91 Å². The van der Waals surface area contributed by atoms with E-state index in [1.165, 1.54) is 18.1 Å². The molecule has 2 aromatic carbocycles. The summed E-state index contributed by atoms with van der Waals surface area (Å²) in [5.41, 5.74) is 1.65. The van der Waals surface area contributed by atoms with Crippen molar-refractivity contribution in [2.75, 3.05) is 53.4 Å². The van der Waals surface area contributed by atoms with Crippen LogP contribution in [0.25, 0.3) is 10.9 Å². The summed E-state index contributed by atoms with van der Waals surface area (Å²) in [5.74, 6) is -0.551. The molecule has 2 saturated heterocycles. The van der Waals surface area contributed by atoms with Crippen molar-refractivity contribution < 1.29 is 23.8 Å². The van der Waals surface area contributed by atoms with Crippen molar-refractivity contribution in [1.29, 1.82) is 0 Å². The van der Waals surface area contributed by atoms with Crippen molar-refractivity contribution in [3.05, 3.63) is 59.0 Å². The average Bonchev–Trinajstić information content (AvgIpc) is 3.34. The molecular weight excluding hydrogens is 501 g/mol. The second-order valence-corrected chi connectivity index (χ2v) is 11.1. The van der Waals surface area contributed by atoms with Crippen molar-refractivity contribution in [3.8, 4) is 11.5 Å². The Morgan fingerprint density at radius 1 is 1.13 bits per heavy atom. The van der Waals surface area contributed by atoms with Crippen LogP contribution in [0.1, 0.15) is 36.2 Å². The Labute approximate surface area is 226 Å². The standard InChI is InChI=1S/C29H34FN5O4/c1-29-17-21-20-15-24(39-3)22(30)16-23(20)31-25(21)26(18-6-4-7-19(36)14-18)35(29)28(38)34(27(29)37)9-5-8-33-12-10-32(2)11-13-33/h4,6-7,14-16,26,31,36H,5,8-13,17H2,1-3H3/t26-,29+/m1/s1. The highest BCUT2D eigenvalue weighted by Crippen LogP contribution is 2.49. The van der Waals surface area contributed by atoms with E-state index in [9.17, 15) is 19.1 Å². The summed E-state index contributed by atoms with van der Waals surface area (Å²) < 4.78 is 19.8. The van der Waals surface area contributed by atoms with Gasteiger partial charge in [0.2, 0.25) is 0 Å². The number of nitrogens with zero attached hydrogens (tertiary/aromatic N) is 4. The third kappa shape index (κ3) is 4.13. The zero-order chi connectivity index (χ0) is 27.5. The molecule has 206 valence electrons. The number of ether oxygens (including phenoxy) is 1. The van der Waals surface area contributed by atoms with E-state index in [0.717, 1.165) is 43.7 Å². The fourth-order valence-electron chi connectivity index (χ4n) is 6.44. The number of rotatable bonds is 6. The number of nitrogens with one attached hydrogen (secondary N) is 1. The number of H-pyrrole nitrogens is 1. The van der Waals surface area contributed by atoms with E-state index in [4.69, 9.17) is 4.74 Å². The van der Waals surface area contributed by atoms with E-state index < -0.39 is 17.4 Å². The van der Waals surface area contributed by atoms with Crippen LogP contribution in [-0.2, 0) is 11.2 Å². The van der Waals surface area contributed by atoms with Gasteiger partial charge in [-0.15, -0.1) is 0 Å². The summed E-state index contributed by atoms with van der Waals surface area (Å²) in [6, 6.07) is 8.76. The van der Waals surface area contributed by atoms with Crippen molar-refractivity contribution in [2.24, 2.45) is 0 Å². The first-order valence-electron chi connectivity index (χ1n) is 13.4. The number of halogens is 1. The van der Waals surface area contributed by atoms with Gasteiger partial charge in [0.15, 0.2) is 11.6 Å². The molecule has 3 aromatic rings. The molecule has 0 saturated carbocycles. The SMILES string of the molecule is COc1cc2c3c([nH]c2cc1F)[C@@H](c1cccc(O)c1)N1C(=O)N(CCCN2CCN(C)CC2)C(=O)[C@]1(C)C3. The molecule has 2 N–H and O–H groups in total. The molecule has 0 spiro atoms. The average molecular weight is 536 g/mol. The lowest BCUT2D eigenvalue weighted by molar-refractivity contribution is -0.133. The minimum atomic E-state index is -1.13. The lowest BCUT2D eigenvalue weighted by Crippen LogP contribution is -2.53. The molecular formula is C29H34FN5O4. The van der Waals surface area contributed by atoms with Crippen LogP contribution in [0.2, 0.25) is 0 Å². The fourth-order valence-corrected chi connectivity index (χ4v) is 6.44. The second-order valence-electron chi connectivity index (χ2n) is 11.1. The number of fused-ring (bicyclic) bond motifs is 4. The molecule has 0 aliphatic carbocycles. The topological polar surface area (TPSA) is 92.3 Å². The van der Waals surface area contributed by atoms with E-state index in [1.54, 1.807) is 29.2 Å². The van der Waals surface area contributed by atoms with E-state index in [1.807, 2.05) is 13.0 Å². The summed E-state index contributed by atoms with van der Waals surface area (Å²) in [5, 5.41) is 11.1. The number of phenolic OH excluding ortho intramolecular Hbond substituents is 1. The Morgan fingerprint density at radius 3 is 2.62 bits per heavy atom. The smallest absolute Gasteiger partial charge is 0.328 e. The van der Waals surface area contributed by atoms with Gasteiger partial charge in [0, 0.05) is 61.8 Å². The molecule has 0 bridgehead atoms. The number of carbonyl (C=O) groups is 2. The van der Waals surface area contributed by atoms with Crippen LogP contribution in [0.4, 0.5) is 9.18 Å². The van der Waals surface area contributed by atoms with Crippen molar-refractivity contribution in [3.63, 3.8) is 0 Å². The summed E-state index contributed by atoms with van der Waals surface area (Å²) in [6.45, 7) is 6.97. The van der Waals surface area contributed by atoms with Crippen LogP contribution in [0, 0.1) is 5.82 Å². The molecule has 10 heteroatoms. The lowest BCUT2D eigenvalue weighted by atomic mass is 9.81. The van der Waals surface area contributed by atoms with Crippen LogP contribution < -0.4 is 4.74 Å². The summed E-state index contributed by atoms with van der Waals surface area (Å²) >= 11 is 0. The van der Waals surface area contributed by atoms with Gasteiger partial charge in [0.05, 0.1) is 7.11 Å².